The first-order valence-electron chi connectivity index (χ1n) is 11.3. The van der Waals surface area contributed by atoms with Crippen LogP contribution in [0.15, 0.2) is 43.0 Å². The molecular weight excluding hydrogens is 517 g/mol. The molecule has 1 aromatic rings. The topological polar surface area (TPSA) is 83.1 Å². The Kier molecular flexibility index (Phi) is 10.1. The lowest BCUT2D eigenvalue weighted by atomic mass is 9.86. The van der Waals surface area contributed by atoms with E-state index < -0.39 is 38.6 Å². The molecule has 1 aliphatic heterocycles. The number of carbonyl (C=O) groups is 2. The number of esters is 1. The lowest BCUT2D eigenvalue weighted by Crippen LogP contribution is -2.69. The summed E-state index contributed by atoms with van der Waals surface area (Å²) in [5.74, 6) is -2.20. The summed E-state index contributed by atoms with van der Waals surface area (Å²) in [7, 11) is 0. The standard InChI is InChI=1S/C25H34Cl3NO6/c1-7-24(29-20(30)25(26,27)28)16-34-23(5,6)35-19(24)18(13-14-32-21(31)22(2,3)4)33-15-17-11-9-8-10-12-17/h7-12,18-19H,1,13-16H2,2-6H3,(H,29,30)/t18-,19+,24+/m1/s1. The number of ether oxygens (including phenoxy) is 4. The van der Waals surface area contributed by atoms with Crippen LogP contribution in [0.4, 0.5) is 0 Å². The van der Waals surface area contributed by atoms with Crippen LogP contribution in [0.3, 0.4) is 0 Å². The van der Waals surface area contributed by atoms with E-state index in [4.69, 9.17) is 53.8 Å². The van der Waals surface area contributed by atoms with Crippen molar-refractivity contribution in [3.63, 3.8) is 0 Å². The molecule has 1 aromatic carbocycles. The molecule has 10 heteroatoms. The second-order valence-corrected chi connectivity index (χ2v) is 12.2. The summed E-state index contributed by atoms with van der Waals surface area (Å²) in [5, 5.41) is 2.72. The molecule has 35 heavy (non-hydrogen) atoms. The Morgan fingerprint density at radius 1 is 1.23 bits per heavy atom. The first-order valence-corrected chi connectivity index (χ1v) is 12.4. The van der Waals surface area contributed by atoms with Crippen LogP contribution in [-0.2, 0) is 35.1 Å². The van der Waals surface area contributed by atoms with Gasteiger partial charge in [-0.1, -0.05) is 71.2 Å². The van der Waals surface area contributed by atoms with Gasteiger partial charge in [-0.3, -0.25) is 9.59 Å². The molecule has 1 aliphatic rings. The van der Waals surface area contributed by atoms with E-state index >= 15 is 0 Å². The van der Waals surface area contributed by atoms with Crippen LogP contribution < -0.4 is 5.32 Å². The van der Waals surface area contributed by atoms with Gasteiger partial charge in [-0.05, 0) is 40.2 Å². The van der Waals surface area contributed by atoms with Gasteiger partial charge in [-0.15, -0.1) is 6.58 Å². The van der Waals surface area contributed by atoms with E-state index in [1.54, 1.807) is 34.6 Å². The molecule has 1 saturated heterocycles. The zero-order chi connectivity index (χ0) is 26.5. The number of amides is 1. The van der Waals surface area contributed by atoms with Gasteiger partial charge in [0.25, 0.3) is 9.70 Å². The van der Waals surface area contributed by atoms with Crippen molar-refractivity contribution < 1.29 is 28.5 Å². The Balaban J connectivity index is 2.35. The van der Waals surface area contributed by atoms with Crippen molar-refractivity contribution in [2.24, 2.45) is 5.41 Å². The fourth-order valence-electron chi connectivity index (χ4n) is 3.43. The average molecular weight is 551 g/mol. The van der Waals surface area contributed by atoms with E-state index in [0.29, 0.717) is 0 Å². The second-order valence-electron chi connectivity index (χ2n) is 9.93. The maximum Gasteiger partial charge on any atom is 0.311 e. The zero-order valence-corrected chi connectivity index (χ0v) is 23.0. The van der Waals surface area contributed by atoms with Gasteiger partial charge in [-0.25, -0.2) is 0 Å². The highest BCUT2D eigenvalue weighted by Gasteiger charge is 2.52. The minimum absolute atomic E-state index is 0.00632. The Hall–Kier alpha value is -1.35. The Labute approximate surface area is 222 Å². The van der Waals surface area contributed by atoms with Gasteiger partial charge in [0.1, 0.15) is 11.6 Å². The number of rotatable bonds is 9. The van der Waals surface area contributed by atoms with Gasteiger partial charge in [0.2, 0.25) is 0 Å². The van der Waals surface area contributed by atoms with Gasteiger partial charge in [-0.2, -0.15) is 0 Å². The first kappa shape index (κ1) is 29.9. The lowest BCUT2D eigenvalue weighted by Gasteiger charge is -2.50. The van der Waals surface area contributed by atoms with Crippen LogP contribution >= 0.6 is 34.8 Å². The molecule has 1 amide bonds. The van der Waals surface area contributed by atoms with Crippen molar-refractivity contribution in [1.82, 2.24) is 5.32 Å². The van der Waals surface area contributed by atoms with Crippen molar-refractivity contribution in [1.29, 1.82) is 0 Å². The van der Waals surface area contributed by atoms with Gasteiger partial charge >= 0.3 is 5.97 Å². The molecule has 7 nitrogen and oxygen atoms in total. The molecule has 0 aliphatic carbocycles. The third kappa shape index (κ3) is 8.62. The van der Waals surface area contributed by atoms with Gasteiger partial charge in [0.05, 0.1) is 31.3 Å². The quantitative estimate of drug-likeness (QED) is 0.261. The highest BCUT2D eigenvalue weighted by Crippen LogP contribution is 2.36. The lowest BCUT2D eigenvalue weighted by molar-refractivity contribution is -0.314. The highest BCUT2D eigenvalue weighted by atomic mass is 35.6. The summed E-state index contributed by atoms with van der Waals surface area (Å²) < 4.78 is 21.7. The third-order valence-electron chi connectivity index (χ3n) is 5.44. The number of hydrogen-bond donors (Lipinski definition) is 1. The highest BCUT2D eigenvalue weighted by molar-refractivity contribution is 6.76. The van der Waals surface area contributed by atoms with E-state index in [1.165, 1.54) is 6.08 Å². The largest absolute Gasteiger partial charge is 0.465 e. The molecule has 0 radical (unpaired) electrons. The molecular formula is C25H34Cl3NO6. The van der Waals surface area contributed by atoms with E-state index in [1.807, 2.05) is 30.3 Å². The number of carbonyl (C=O) groups excluding carboxylic acids is 2. The minimum atomic E-state index is -2.21. The van der Waals surface area contributed by atoms with Crippen LogP contribution in [0.1, 0.15) is 46.6 Å². The molecule has 1 heterocycles. The van der Waals surface area contributed by atoms with E-state index in [0.717, 1.165) is 5.56 Å². The molecule has 196 valence electrons. The first-order chi connectivity index (χ1) is 16.1. The minimum Gasteiger partial charge on any atom is -0.465 e. The van der Waals surface area contributed by atoms with E-state index in [9.17, 15) is 9.59 Å². The summed E-state index contributed by atoms with van der Waals surface area (Å²) in [5.41, 5.74) is -1.00. The van der Waals surface area contributed by atoms with Crippen molar-refractivity contribution in [3.8, 4) is 0 Å². The van der Waals surface area contributed by atoms with Crippen LogP contribution in [-0.4, -0.2) is 52.4 Å². The molecule has 3 atom stereocenters. The third-order valence-corrected chi connectivity index (χ3v) is 5.95. The molecule has 2 rings (SSSR count). The van der Waals surface area contributed by atoms with E-state index in [-0.39, 0.29) is 32.2 Å². The van der Waals surface area contributed by atoms with Crippen molar-refractivity contribution >= 4 is 46.7 Å². The average Bonchev–Trinajstić information content (AvgIpc) is 2.76. The number of nitrogens with one attached hydrogen (secondary N) is 1. The normalized spacial score (nSPS) is 23.3. The molecule has 0 bridgehead atoms. The maximum atomic E-state index is 12.6. The summed E-state index contributed by atoms with van der Waals surface area (Å²) in [6.07, 6.45) is 0.299. The predicted molar refractivity (Wildman–Crippen MR) is 136 cm³/mol. The Bertz CT molecular complexity index is 881. The molecule has 1 fully saturated rings. The monoisotopic (exact) mass is 549 g/mol. The maximum absolute atomic E-state index is 12.6. The van der Waals surface area contributed by atoms with E-state index in [2.05, 4.69) is 11.9 Å². The summed E-state index contributed by atoms with van der Waals surface area (Å²) in [6.45, 7) is 13.0. The number of alkyl halides is 3. The number of halogens is 3. The number of benzene rings is 1. The fourth-order valence-corrected chi connectivity index (χ4v) is 3.57. The van der Waals surface area contributed by atoms with Gasteiger partial charge in [0.15, 0.2) is 5.79 Å². The summed E-state index contributed by atoms with van der Waals surface area (Å²) >= 11 is 17.5. The zero-order valence-electron chi connectivity index (χ0n) is 20.7. The molecule has 0 unspecified atom stereocenters. The van der Waals surface area contributed by atoms with Crippen LogP contribution in [0.2, 0.25) is 0 Å². The Morgan fingerprint density at radius 3 is 2.40 bits per heavy atom. The van der Waals surface area contributed by atoms with Crippen molar-refractivity contribution in [2.45, 2.75) is 75.0 Å². The molecule has 0 aromatic heterocycles. The predicted octanol–water partition coefficient (Wildman–Crippen LogP) is 5.11. The van der Waals surface area contributed by atoms with Crippen LogP contribution in [0, 0.1) is 5.41 Å². The van der Waals surface area contributed by atoms with Crippen LogP contribution in [0.5, 0.6) is 0 Å². The fraction of sp³-hybridized carbons (Fsp3) is 0.600. The van der Waals surface area contributed by atoms with Crippen molar-refractivity contribution in [3.05, 3.63) is 48.6 Å². The van der Waals surface area contributed by atoms with Gasteiger partial charge in [0, 0.05) is 6.42 Å². The summed E-state index contributed by atoms with van der Waals surface area (Å²) in [4.78, 5) is 25.0. The SMILES string of the molecule is C=C[C@]1(NC(=O)C(Cl)(Cl)Cl)COC(C)(C)O[C@H]1[C@@H](CCOC(=O)C(C)(C)C)OCc1ccccc1. The van der Waals surface area contributed by atoms with Crippen LogP contribution in [0.25, 0.3) is 0 Å². The molecule has 0 spiro atoms. The second kappa shape index (κ2) is 11.8. The number of hydrogen-bond acceptors (Lipinski definition) is 6. The van der Waals surface area contributed by atoms with Gasteiger partial charge < -0.3 is 24.3 Å². The molecule has 1 N–H and O–H groups in total. The Morgan fingerprint density at radius 2 is 1.86 bits per heavy atom. The van der Waals surface area contributed by atoms with Crippen molar-refractivity contribution in [2.75, 3.05) is 13.2 Å². The summed E-state index contributed by atoms with van der Waals surface area (Å²) in [6, 6.07) is 9.57. The smallest absolute Gasteiger partial charge is 0.311 e. The molecule has 0 saturated carbocycles.